The van der Waals surface area contributed by atoms with Crippen molar-refractivity contribution < 1.29 is 39.2 Å². The summed E-state index contributed by atoms with van der Waals surface area (Å²) in [5, 5.41) is 32.7. The number of rotatable bonds is 2. The van der Waals surface area contributed by atoms with E-state index in [-0.39, 0.29) is 12.8 Å². The summed E-state index contributed by atoms with van der Waals surface area (Å²) in [5.41, 5.74) is -0.666. The fourth-order valence-corrected chi connectivity index (χ4v) is 5.82. The van der Waals surface area contributed by atoms with Crippen LogP contribution in [0.5, 0.6) is 0 Å². The molecule has 32 heavy (non-hydrogen) atoms. The second-order valence-corrected chi connectivity index (χ2v) is 10.2. The molecule has 1 fully saturated rings. The molecule has 0 unspecified atom stereocenters. The number of Topliss-reactive ketones (excluding diaryl/α,β-unsaturated/α-hetero) is 1. The molecule has 3 rings (SSSR count). The molecule has 0 saturated heterocycles. The molecule has 3 aliphatic carbocycles. The fraction of sp³-hybridized carbons (Fsp3) is 0.708. The summed E-state index contributed by atoms with van der Waals surface area (Å²) in [7, 11) is 0. The summed E-state index contributed by atoms with van der Waals surface area (Å²) >= 11 is 0. The van der Waals surface area contributed by atoms with Crippen LogP contribution in [0.1, 0.15) is 60.8 Å². The molecule has 0 aromatic heterocycles. The molecular weight excluding hydrogens is 416 g/mol. The van der Waals surface area contributed by atoms with Crippen LogP contribution in [-0.2, 0) is 23.9 Å². The Morgan fingerprint density at radius 3 is 2.19 bits per heavy atom. The van der Waals surface area contributed by atoms with Crippen molar-refractivity contribution in [2.75, 3.05) is 0 Å². The lowest BCUT2D eigenvalue weighted by atomic mass is 9.57. The normalized spacial score (nSPS) is 40.8. The lowest BCUT2D eigenvalue weighted by molar-refractivity contribution is -0.156. The van der Waals surface area contributed by atoms with E-state index in [1.165, 1.54) is 13.8 Å². The van der Waals surface area contributed by atoms with E-state index in [0.717, 1.165) is 0 Å². The third-order valence-corrected chi connectivity index (χ3v) is 7.65. The van der Waals surface area contributed by atoms with Gasteiger partial charge in [0, 0.05) is 26.2 Å². The second kappa shape index (κ2) is 8.39. The Hall–Kier alpha value is -2.03. The molecule has 8 nitrogen and oxygen atoms in total. The van der Waals surface area contributed by atoms with Gasteiger partial charge < -0.3 is 24.8 Å². The van der Waals surface area contributed by atoms with Gasteiger partial charge in [-0.25, -0.2) is 0 Å². The first-order chi connectivity index (χ1) is 14.7. The van der Waals surface area contributed by atoms with Crippen LogP contribution < -0.4 is 0 Å². The molecule has 0 amide bonds. The number of carbonyl (C=O) groups excluding carboxylic acids is 3. The maximum Gasteiger partial charge on any atom is 0.303 e. The first kappa shape index (κ1) is 24.6. The van der Waals surface area contributed by atoms with Crippen LogP contribution in [0.3, 0.4) is 0 Å². The van der Waals surface area contributed by atoms with Gasteiger partial charge >= 0.3 is 11.9 Å². The molecule has 178 valence electrons. The maximum absolute atomic E-state index is 13.6. The predicted octanol–water partition coefficient (Wildman–Crippen LogP) is 1.60. The van der Waals surface area contributed by atoms with E-state index < -0.39 is 65.0 Å². The van der Waals surface area contributed by atoms with Crippen LogP contribution in [0.15, 0.2) is 22.8 Å². The quantitative estimate of drug-likeness (QED) is 0.427. The number of carbonyl (C=O) groups is 3. The molecule has 0 spiro atoms. The Labute approximate surface area is 188 Å². The fourth-order valence-electron chi connectivity index (χ4n) is 5.82. The van der Waals surface area contributed by atoms with Crippen LogP contribution in [0.25, 0.3) is 0 Å². The number of ketones is 1. The lowest BCUT2D eigenvalue weighted by Crippen LogP contribution is -2.55. The number of aliphatic hydroxyl groups excluding tert-OH is 3. The summed E-state index contributed by atoms with van der Waals surface area (Å²) in [6.07, 6.45) is -3.22. The third-order valence-electron chi connectivity index (χ3n) is 7.65. The van der Waals surface area contributed by atoms with E-state index >= 15 is 0 Å². The molecule has 7 atom stereocenters. The summed E-state index contributed by atoms with van der Waals surface area (Å²) in [4.78, 5) is 37.4. The van der Waals surface area contributed by atoms with Crippen molar-refractivity contribution >= 4 is 17.7 Å². The van der Waals surface area contributed by atoms with Crippen LogP contribution in [0.4, 0.5) is 0 Å². The molecular formula is C24H34O8. The Balaban J connectivity index is 2.29. The highest BCUT2D eigenvalue weighted by Crippen LogP contribution is 2.52. The van der Waals surface area contributed by atoms with Gasteiger partial charge in [0.05, 0.1) is 17.6 Å². The van der Waals surface area contributed by atoms with Gasteiger partial charge in [-0.2, -0.15) is 0 Å². The molecule has 3 aliphatic rings. The van der Waals surface area contributed by atoms with Crippen molar-refractivity contribution in [3.63, 3.8) is 0 Å². The van der Waals surface area contributed by atoms with Crippen molar-refractivity contribution in [3.8, 4) is 0 Å². The highest BCUT2D eigenvalue weighted by molar-refractivity contribution is 5.92. The van der Waals surface area contributed by atoms with Crippen molar-refractivity contribution in [1.82, 2.24) is 0 Å². The number of hydrogen-bond acceptors (Lipinski definition) is 8. The molecule has 8 heteroatoms. The molecule has 0 aliphatic heterocycles. The van der Waals surface area contributed by atoms with Gasteiger partial charge in [0.1, 0.15) is 18.3 Å². The van der Waals surface area contributed by atoms with Crippen LogP contribution >= 0.6 is 0 Å². The van der Waals surface area contributed by atoms with Gasteiger partial charge in [-0.05, 0) is 54.9 Å². The first-order valence-corrected chi connectivity index (χ1v) is 11.0. The Kier molecular flexibility index (Phi) is 6.45. The molecule has 1 saturated carbocycles. The zero-order valence-corrected chi connectivity index (χ0v) is 19.5. The highest BCUT2D eigenvalue weighted by atomic mass is 16.5. The zero-order chi connectivity index (χ0) is 24.2. The number of hydrogen-bond donors (Lipinski definition) is 3. The Morgan fingerprint density at radius 2 is 1.62 bits per heavy atom. The molecule has 0 radical (unpaired) electrons. The maximum atomic E-state index is 13.6. The monoisotopic (exact) mass is 450 g/mol. The smallest absolute Gasteiger partial charge is 0.303 e. The van der Waals surface area contributed by atoms with Crippen molar-refractivity contribution in [2.45, 2.75) is 91.3 Å². The third kappa shape index (κ3) is 4.04. The molecule has 4 bridgehead atoms. The lowest BCUT2D eigenvalue weighted by Gasteiger charge is -2.50. The molecule has 0 aromatic carbocycles. The first-order valence-electron chi connectivity index (χ1n) is 11.0. The largest absolute Gasteiger partial charge is 0.458 e. The number of fused-ring (bicyclic) bond motifs is 4. The van der Waals surface area contributed by atoms with E-state index in [1.54, 1.807) is 19.9 Å². The average molecular weight is 451 g/mol. The minimum absolute atomic E-state index is 0.0375. The van der Waals surface area contributed by atoms with Gasteiger partial charge in [-0.1, -0.05) is 13.8 Å². The molecule has 3 N–H and O–H groups in total. The Bertz CT molecular complexity index is 884. The van der Waals surface area contributed by atoms with E-state index in [0.29, 0.717) is 23.1 Å². The minimum atomic E-state index is -1.54. The topological polar surface area (TPSA) is 130 Å². The van der Waals surface area contributed by atoms with Gasteiger partial charge in [0.2, 0.25) is 0 Å². The van der Waals surface area contributed by atoms with E-state index in [9.17, 15) is 29.7 Å². The van der Waals surface area contributed by atoms with Crippen LogP contribution in [-0.4, -0.2) is 63.6 Å². The predicted molar refractivity (Wildman–Crippen MR) is 114 cm³/mol. The SMILES string of the molecule is CC(=O)O[C@H]1C[C@@H]2[C@@H](OC(C)=O)/C=C3\C[C@](C)(C(=O)[C@H](O)C(=C1C)C2(C)C)[C@@H](O)C[C@@H]3O. The zero-order valence-electron chi connectivity index (χ0n) is 19.5. The van der Waals surface area contributed by atoms with Gasteiger partial charge in [-0.15, -0.1) is 0 Å². The van der Waals surface area contributed by atoms with Gasteiger partial charge in [0.15, 0.2) is 5.78 Å². The number of esters is 2. The van der Waals surface area contributed by atoms with E-state index in [4.69, 9.17) is 9.47 Å². The molecule has 0 heterocycles. The summed E-state index contributed by atoms with van der Waals surface area (Å²) in [6.45, 7) is 9.61. The van der Waals surface area contributed by atoms with Crippen molar-refractivity contribution in [1.29, 1.82) is 0 Å². The summed E-state index contributed by atoms with van der Waals surface area (Å²) in [6, 6.07) is 0. The average Bonchev–Trinajstić information content (AvgIpc) is 2.65. The number of ether oxygens (including phenoxy) is 2. The number of aliphatic hydroxyl groups is 3. The highest BCUT2D eigenvalue weighted by Gasteiger charge is 2.55. The van der Waals surface area contributed by atoms with E-state index in [1.807, 2.05) is 13.8 Å². The van der Waals surface area contributed by atoms with Crippen molar-refractivity contribution in [2.24, 2.45) is 16.7 Å². The van der Waals surface area contributed by atoms with Crippen LogP contribution in [0, 0.1) is 16.7 Å². The summed E-state index contributed by atoms with van der Waals surface area (Å²) < 4.78 is 11.2. The minimum Gasteiger partial charge on any atom is -0.458 e. The summed E-state index contributed by atoms with van der Waals surface area (Å²) in [5.74, 6) is -2.00. The standard InChI is InChI=1S/C24H34O8/c1-11-17(31-12(2)25)8-15-18(32-13(3)26)7-14-10-24(6,19(28)9-16(14)27)22(30)21(29)20(11)23(15,4)5/h7,15-19,21,27-29H,8-10H2,1-6H3/b14-7+/t15-,16+,17+,18+,19+,21-,24+/m1/s1. The van der Waals surface area contributed by atoms with Crippen LogP contribution in [0.2, 0.25) is 0 Å². The molecule has 0 aromatic rings. The Morgan fingerprint density at radius 1 is 1.03 bits per heavy atom. The van der Waals surface area contributed by atoms with Gasteiger partial charge in [-0.3, -0.25) is 14.4 Å². The van der Waals surface area contributed by atoms with Gasteiger partial charge in [0.25, 0.3) is 0 Å². The van der Waals surface area contributed by atoms with Crippen molar-refractivity contribution in [3.05, 3.63) is 22.8 Å². The van der Waals surface area contributed by atoms with E-state index in [2.05, 4.69) is 0 Å². The second-order valence-electron chi connectivity index (χ2n) is 10.2.